The molecule has 126 valence electrons. The van der Waals surface area contributed by atoms with Gasteiger partial charge in [0, 0.05) is 11.1 Å². The fourth-order valence-electron chi connectivity index (χ4n) is 2.02. The fourth-order valence-corrected chi connectivity index (χ4v) is 2.79. The Morgan fingerprint density at radius 2 is 1.83 bits per heavy atom. The van der Waals surface area contributed by atoms with Crippen LogP contribution in [0.4, 0.5) is 5.69 Å². The number of carbonyl (C=O) groups excluding carboxylic acids is 1. The Balaban J connectivity index is 1.89. The monoisotopic (exact) mass is 344 g/mol. The summed E-state index contributed by atoms with van der Waals surface area (Å²) in [6.07, 6.45) is 2.34. The molecule has 0 aliphatic heterocycles. The second kappa shape index (κ2) is 8.42. The molecule has 24 heavy (non-hydrogen) atoms. The molecule has 0 radical (unpaired) electrons. The SMILES string of the molecule is CCc1cccc(NC(=O)CNS(=O)(=O)C=Cc2ccccc2)c1. The van der Waals surface area contributed by atoms with Crippen molar-refractivity contribution in [3.63, 3.8) is 0 Å². The number of rotatable bonds is 7. The Kier molecular flexibility index (Phi) is 6.28. The second-order valence-electron chi connectivity index (χ2n) is 5.18. The molecule has 0 aliphatic carbocycles. The molecule has 2 aromatic carbocycles. The molecule has 0 heterocycles. The first kappa shape index (κ1) is 17.9. The van der Waals surface area contributed by atoms with Gasteiger partial charge in [0.15, 0.2) is 0 Å². The average molecular weight is 344 g/mol. The fraction of sp³-hybridized carbons (Fsp3) is 0.167. The summed E-state index contributed by atoms with van der Waals surface area (Å²) in [5, 5.41) is 3.72. The summed E-state index contributed by atoms with van der Waals surface area (Å²) in [6, 6.07) is 16.5. The van der Waals surface area contributed by atoms with Crippen molar-refractivity contribution < 1.29 is 13.2 Å². The number of aryl methyl sites for hydroxylation is 1. The number of carbonyl (C=O) groups is 1. The average Bonchev–Trinajstić information content (AvgIpc) is 2.60. The summed E-state index contributed by atoms with van der Waals surface area (Å²) in [5.41, 5.74) is 2.52. The highest BCUT2D eigenvalue weighted by molar-refractivity contribution is 7.92. The molecule has 0 aliphatic rings. The highest BCUT2D eigenvalue weighted by Crippen LogP contribution is 2.10. The Morgan fingerprint density at radius 1 is 1.08 bits per heavy atom. The van der Waals surface area contributed by atoms with Gasteiger partial charge < -0.3 is 5.32 Å². The molecule has 6 heteroatoms. The lowest BCUT2D eigenvalue weighted by Crippen LogP contribution is -2.31. The molecule has 0 spiro atoms. The molecular formula is C18H20N2O3S. The van der Waals surface area contributed by atoms with Gasteiger partial charge in [-0.2, -0.15) is 0 Å². The topological polar surface area (TPSA) is 75.3 Å². The van der Waals surface area contributed by atoms with Gasteiger partial charge in [-0.3, -0.25) is 4.79 Å². The van der Waals surface area contributed by atoms with E-state index in [1.807, 2.05) is 43.3 Å². The van der Waals surface area contributed by atoms with E-state index in [1.165, 1.54) is 6.08 Å². The van der Waals surface area contributed by atoms with Crippen LogP contribution < -0.4 is 10.0 Å². The summed E-state index contributed by atoms with van der Waals surface area (Å²) in [5.74, 6) is -0.417. The zero-order chi connectivity index (χ0) is 17.4. The summed E-state index contributed by atoms with van der Waals surface area (Å²) in [4.78, 5) is 11.9. The summed E-state index contributed by atoms with van der Waals surface area (Å²) < 4.78 is 26.0. The quantitative estimate of drug-likeness (QED) is 0.811. The van der Waals surface area contributed by atoms with E-state index in [0.717, 1.165) is 23.0 Å². The van der Waals surface area contributed by atoms with Crippen LogP contribution in [-0.4, -0.2) is 20.9 Å². The van der Waals surface area contributed by atoms with E-state index in [4.69, 9.17) is 0 Å². The standard InChI is InChI=1S/C18H20N2O3S/c1-2-15-9-6-10-17(13-15)20-18(21)14-19-24(22,23)12-11-16-7-4-3-5-8-16/h3-13,19H,2,14H2,1H3,(H,20,21). The van der Waals surface area contributed by atoms with Crippen LogP contribution >= 0.6 is 0 Å². The Hall–Kier alpha value is -2.44. The number of benzene rings is 2. The lowest BCUT2D eigenvalue weighted by Gasteiger charge is -2.07. The molecule has 0 saturated carbocycles. The number of hydrogen-bond donors (Lipinski definition) is 2. The highest BCUT2D eigenvalue weighted by Gasteiger charge is 2.09. The van der Waals surface area contributed by atoms with Crippen LogP contribution in [0.2, 0.25) is 0 Å². The van der Waals surface area contributed by atoms with Crippen molar-refractivity contribution in [3.05, 3.63) is 71.1 Å². The molecule has 0 unspecified atom stereocenters. The van der Waals surface area contributed by atoms with Gasteiger partial charge >= 0.3 is 0 Å². The molecule has 0 atom stereocenters. The minimum absolute atomic E-state index is 0.322. The molecule has 1 amide bonds. The van der Waals surface area contributed by atoms with E-state index in [-0.39, 0.29) is 6.54 Å². The second-order valence-corrected chi connectivity index (χ2v) is 6.83. The molecule has 0 aromatic heterocycles. The van der Waals surface area contributed by atoms with E-state index >= 15 is 0 Å². The molecule has 5 nitrogen and oxygen atoms in total. The first-order valence-corrected chi connectivity index (χ1v) is 9.15. The van der Waals surface area contributed by atoms with Gasteiger partial charge in [-0.15, -0.1) is 0 Å². The molecule has 0 saturated heterocycles. The Bertz CT molecular complexity index is 815. The van der Waals surface area contributed by atoms with Gasteiger partial charge in [-0.05, 0) is 35.8 Å². The van der Waals surface area contributed by atoms with E-state index in [0.29, 0.717) is 5.69 Å². The number of nitrogens with one attached hydrogen (secondary N) is 2. The maximum absolute atomic E-state index is 11.9. The number of amides is 1. The molecular weight excluding hydrogens is 324 g/mol. The minimum Gasteiger partial charge on any atom is -0.325 e. The zero-order valence-corrected chi connectivity index (χ0v) is 14.2. The van der Waals surface area contributed by atoms with Gasteiger partial charge in [0.05, 0.1) is 6.54 Å². The van der Waals surface area contributed by atoms with Crippen LogP contribution in [0.25, 0.3) is 6.08 Å². The van der Waals surface area contributed by atoms with Crippen LogP contribution in [0.5, 0.6) is 0 Å². The van der Waals surface area contributed by atoms with Gasteiger partial charge in [-0.1, -0.05) is 49.4 Å². The first-order valence-electron chi connectivity index (χ1n) is 7.60. The molecule has 0 bridgehead atoms. The van der Waals surface area contributed by atoms with E-state index in [9.17, 15) is 13.2 Å². The minimum atomic E-state index is -3.67. The van der Waals surface area contributed by atoms with Crippen LogP contribution in [0.15, 0.2) is 60.0 Å². The van der Waals surface area contributed by atoms with E-state index < -0.39 is 15.9 Å². The Labute approximate surface area is 142 Å². The zero-order valence-electron chi connectivity index (χ0n) is 13.4. The van der Waals surface area contributed by atoms with E-state index in [1.54, 1.807) is 18.2 Å². The summed E-state index contributed by atoms with van der Waals surface area (Å²) in [6.45, 7) is 1.70. The van der Waals surface area contributed by atoms with Crippen molar-refractivity contribution in [1.29, 1.82) is 0 Å². The lowest BCUT2D eigenvalue weighted by atomic mass is 10.1. The van der Waals surface area contributed by atoms with E-state index in [2.05, 4.69) is 10.0 Å². The highest BCUT2D eigenvalue weighted by atomic mass is 32.2. The molecule has 0 fully saturated rings. The van der Waals surface area contributed by atoms with Crippen molar-refractivity contribution in [2.45, 2.75) is 13.3 Å². The van der Waals surface area contributed by atoms with Crippen LogP contribution in [0.3, 0.4) is 0 Å². The number of anilines is 1. The van der Waals surface area contributed by atoms with Crippen molar-refractivity contribution in [1.82, 2.24) is 4.72 Å². The van der Waals surface area contributed by atoms with Crippen molar-refractivity contribution in [2.24, 2.45) is 0 Å². The number of hydrogen-bond acceptors (Lipinski definition) is 3. The van der Waals surface area contributed by atoms with Crippen LogP contribution in [-0.2, 0) is 21.2 Å². The van der Waals surface area contributed by atoms with Gasteiger partial charge in [0.2, 0.25) is 15.9 Å². The number of sulfonamides is 1. The maximum Gasteiger partial charge on any atom is 0.239 e. The van der Waals surface area contributed by atoms with Crippen LogP contribution in [0, 0.1) is 0 Å². The maximum atomic E-state index is 11.9. The Morgan fingerprint density at radius 3 is 2.54 bits per heavy atom. The van der Waals surface area contributed by atoms with Gasteiger partial charge in [0.1, 0.15) is 0 Å². The predicted octanol–water partition coefficient (Wildman–Crippen LogP) is 2.78. The smallest absolute Gasteiger partial charge is 0.239 e. The normalized spacial score (nSPS) is 11.5. The van der Waals surface area contributed by atoms with Gasteiger partial charge in [0.25, 0.3) is 0 Å². The van der Waals surface area contributed by atoms with Crippen molar-refractivity contribution in [2.75, 3.05) is 11.9 Å². The molecule has 2 rings (SSSR count). The van der Waals surface area contributed by atoms with Crippen molar-refractivity contribution >= 4 is 27.7 Å². The summed E-state index contributed by atoms with van der Waals surface area (Å²) in [7, 11) is -3.67. The molecule has 2 N–H and O–H groups in total. The van der Waals surface area contributed by atoms with Gasteiger partial charge in [-0.25, -0.2) is 13.1 Å². The van der Waals surface area contributed by atoms with Crippen molar-refractivity contribution in [3.8, 4) is 0 Å². The third kappa shape index (κ3) is 5.98. The third-order valence-electron chi connectivity index (χ3n) is 3.29. The van der Waals surface area contributed by atoms with Crippen LogP contribution in [0.1, 0.15) is 18.1 Å². The lowest BCUT2D eigenvalue weighted by molar-refractivity contribution is -0.115. The third-order valence-corrected chi connectivity index (χ3v) is 4.33. The first-order chi connectivity index (χ1) is 11.5. The largest absolute Gasteiger partial charge is 0.325 e. The predicted molar refractivity (Wildman–Crippen MR) is 96.8 cm³/mol. The summed E-state index contributed by atoms with van der Waals surface area (Å²) >= 11 is 0. The molecule has 2 aromatic rings.